The Balaban J connectivity index is 2.86. The molecule has 18 heavy (non-hydrogen) atoms. The highest BCUT2D eigenvalue weighted by molar-refractivity contribution is 7.89. The number of aromatic nitrogens is 1. The summed E-state index contributed by atoms with van der Waals surface area (Å²) in [5.41, 5.74) is -0.176. The van der Waals surface area contributed by atoms with E-state index < -0.39 is 33.6 Å². The maximum atomic E-state index is 11.9. The maximum absolute atomic E-state index is 11.9. The first-order valence-corrected chi connectivity index (χ1v) is 5.97. The molecule has 1 aromatic heterocycles. The average molecular weight is 286 g/mol. The molecule has 0 atom stereocenters. The van der Waals surface area contributed by atoms with Gasteiger partial charge in [0.05, 0.1) is 7.11 Å². The number of nitrogens with one attached hydrogen (secondary N) is 2. The zero-order chi connectivity index (χ0) is 14.0. The lowest BCUT2D eigenvalue weighted by Gasteiger charge is -2.07. The molecule has 10 heteroatoms. The van der Waals surface area contributed by atoms with E-state index in [0.29, 0.717) is 0 Å². The summed E-state index contributed by atoms with van der Waals surface area (Å²) < 4.78 is 64.2. The Bertz CT molecular complexity index is 535. The summed E-state index contributed by atoms with van der Waals surface area (Å²) in [7, 11) is -3.24. The minimum absolute atomic E-state index is 0.176. The SMILES string of the molecule is COC(=O)c1cc(S(=O)(=O)NCC(F)(F)F)c[nH]1. The molecule has 1 heterocycles. The number of aromatic amines is 1. The molecule has 2 N–H and O–H groups in total. The van der Waals surface area contributed by atoms with Gasteiger partial charge in [-0.15, -0.1) is 0 Å². The summed E-state index contributed by atoms with van der Waals surface area (Å²) in [6.07, 6.45) is -3.76. The van der Waals surface area contributed by atoms with Crippen LogP contribution in [0, 0.1) is 0 Å². The van der Waals surface area contributed by atoms with Crippen molar-refractivity contribution >= 4 is 16.0 Å². The number of halogens is 3. The Morgan fingerprint density at radius 3 is 2.61 bits per heavy atom. The molecule has 0 unspecified atom stereocenters. The van der Waals surface area contributed by atoms with E-state index in [9.17, 15) is 26.4 Å². The standard InChI is InChI=1S/C8H9F3N2O4S/c1-17-7(14)6-2-5(3-12-6)18(15,16)13-4-8(9,10)11/h2-3,12-13H,4H2,1H3. The molecule has 0 aliphatic heterocycles. The number of sulfonamides is 1. The van der Waals surface area contributed by atoms with Gasteiger partial charge in [0.15, 0.2) is 0 Å². The number of hydrogen-bond donors (Lipinski definition) is 2. The molecule has 0 aromatic carbocycles. The Labute approximate surface area is 100 Å². The fraction of sp³-hybridized carbons (Fsp3) is 0.375. The van der Waals surface area contributed by atoms with Crippen LogP contribution in [0.5, 0.6) is 0 Å². The first-order valence-electron chi connectivity index (χ1n) is 4.49. The van der Waals surface area contributed by atoms with Gasteiger partial charge < -0.3 is 9.72 Å². The Kier molecular flexibility index (Phi) is 4.02. The van der Waals surface area contributed by atoms with Gasteiger partial charge >= 0.3 is 12.1 Å². The second-order valence-electron chi connectivity index (χ2n) is 3.18. The van der Waals surface area contributed by atoms with Gasteiger partial charge in [0.2, 0.25) is 10.0 Å². The largest absolute Gasteiger partial charge is 0.464 e. The molecular formula is C8H9F3N2O4S. The number of carbonyl (C=O) groups excluding carboxylic acids is 1. The van der Waals surface area contributed by atoms with Gasteiger partial charge in [-0.05, 0) is 6.07 Å². The summed E-state index contributed by atoms with van der Waals surface area (Å²) in [6.45, 7) is -1.69. The third kappa shape index (κ3) is 3.74. The smallest absolute Gasteiger partial charge is 0.402 e. The number of rotatable bonds is 4. The van der Waals surface area contributed by atoms with E-state index in [1.165, 1.54) is 4.72 Å². The molecule has 0 radical (unpaired) electrons. The molecule has 0 spiro atoms. The van der Waals surface area contributed by atoms with Crippen LogP contribution in [0.25, 0.3) is 0 Å². The van der Waals surface area contributed by atoms with Gasteiger partial charge in [-0.1, -0.05) is 0 Å². The van der Waals surface area contributed by atoms with Crippen LogP contribution in [0.2, 0.25) is 0 Å². The van der Waals surface area contributed by atoms with Gasteiger partial charge in [0, 0.05) is 6.20 Å². The van der Waals surface area contributed by atoms with Gasteiger partial charge in [-0.3, -0.25) is 0 Å². The minimum Gasteiger partial charge on any atom is -0.464 e. The van der Waals surface area contributed by atoms with E-state index in [2.05, 4.69) is 9.72 Å². The van der Waals surface area contributed by atoms with Crippen molar-refractivity contribution in [3.05, 3.63) is 18.0 Å². The predicted octanol–water partition coefficient (Wildman–Crippen LogP) is 0.642. The maximum Gasteiger partial charge on any atom is 0.402 e. The van der Waals surface area contributed by atoms with Gasteiger partial charge in [0.25, 0.3) is 0 Å². The van der Waals surface area contributed by atoms with Crippen LogP contribution in [0.1, 0.15) is 10.5 Å². The molecule has 1 aromatic rings. The van der Waals surface area contributed by atoms with Crippen molar-refractivity contribution in [2.24, 2.45) is 0 Å². The number of alkyl halides is 3. The number of ether oxygens (including phenoxy) is 1. The molecule has 0 aliphatic carbocycles. The number of carbonyl (C=O) groups is 1. The van der Waals surface area contributed by atoms with Crippen molar-refractivity contribution < 1.29 is 31.1 Å². The molecule has 0 saturated carbocycles. The summed E-state index contributed by atoms with van der Waals surface area (Å²) in [5.74, 6) is -0.827. The zero-order valence-electron chi connectivity index (χ0n) is 9.04. The first-order chi connectivity index (χ1) is 8.15. The highest BCUT2D eigenvalue weighted by Crippen LogP contribution is 2.16. The zero-order valence-corrected chi connectivity index (χ0v) is 9.85. The van der Waals surface area contributed by atoms with Crippen LogP contribution >= 0.6 is 0 Å². The van der Waals surface area contributed by atoms with Crippen LogP contribution in [0.4, 0.5) is 13.2 Å². The molecule has 102 valence electrons. The van der Waals surface area contributed by atoms with Gasteiger partial charge in [-0.25, -0.2) is 17.9 Å². The molecule has 0 amide bonds. The minimum atomic E-state index is -4.66. The molecular weight excluding hydrogens is 277 g/mol. The van der Waals surface area contributed by atoms with Crippen LogP contribution in [-0.2, 0) is 14.8 Å². The normalized spacial score (nSPS) is 12.4. The van der Waals surface area contributed by atoms with Crippen molar-refractivity contribution in [2.45, 2.75) is 11.1 Å². The summed E-state index contributed by atoms with van der Waals surface area (Å²) >= 11 is 0. The Morgan fingerprint density at radius 2 is 2.11 bits per heavy atom. The van der Waals surface area contributed by atoms with Crippen molar-refractivity contribution in [3.8, 4) is 0 Å². The third-order valence-corrected chi connectivity index (χ3v) is 3.22. The average Bonchev–Trinajstić information content (AvgIpc) is 2.74. The van der Waals surface area contributed by atoms with E-state index in [4.69, 9.17) is 0 Å². The van der Waals surface area contributed by atoms with Gasteiger partial charge in [-0.2, -0.15) is 13.2 Å². The lowest BCUT2D eigenvalue weighted by atomic mass is 10.4. The quantitative estimate of drug-likeness (QED) is 0.795. The summed E-state index contributed by atoms with van der Waals surface area (Å²) in [5, 5.41) is 0. The van der Waals surface area contributed by atoms with Crippen molar-refractivity contribution in [1.82, 2.24) is 9.71 Å². The van der Waals surface area contributed by atoms with Gasteiger partial charge in [0.1, 0.15) is 17.1 Å². The fourth-order valence-electron chi connectivity index (χ4n) is 1.02. The summed E-state index contributed by atoms with van der Waals surface area (Å²) in [4.78, 5) is 12.8. The lowest BCUT2D eigenvalue weighted by molar-refractivity contribution is -0.121. The second kappa shape index (κ2) is 4.98. The van der Waals surface area contributed by atoms with E-state index in [1.54, 1.807) is 0 Å². The Hall–Kier alpha value is -1.55. The number of H-pyrrole nitrogens is 1. The molecule has 0 saturated heterocycles. The predicted molar refractivity (Wildman–Crippen MR) is 53.4 cm³/mol. The first kappa shape index (κ1) is 14.5. The number of esters is 1. The van der Waals surface area contributed by atoms with Crippen LogP contribution < -0.4 is 4.72 Å². The van der Waals surface area contributed by atoms with Crippen LogP contribution in [0.15, 0.2) is 17.2 Å². The molecule has 0 bridgehead atoms. The lowest BCUT2D eigenvalue weighted by Crippen LogP contribution is -2.33. The topological polar surface area (TPSA) is 88.3 Å². The highest BCUT2D eigenvalue weighted by atomic mass is 32.2. The van der Waals surface area contributed by atoms with E-state index in [-0.39, 0.29) is 5.69 Å². The van der Waals surface area contributed by atoms with E-state index >= 15 is 0 Å². The van der Waals surface area contributed by atoms with Crippen molar-refractivity contribution in [3.63, 3.8) is 0 Å². The van der Waals surface area contributed by atoms with Crippen molar-refractivity contribution in [1.29, 1.82) is 0 Å². The molecule has 0 fully saturated rings. The molecule has 0 aliphatic rings. The molecule has 6 nitrogen and oxygen atoms in total. The van der Waals surface area contributed by atoms with E-state index in [0.717, 1.165) is 19.4 Å². The third-order valence-electron chi connectivity index (χ3n) is 1.83. The second-order valence-corrected chi connectivity index (χ2v) is 4.95. The van der Waals surface area contributed by atoms with Crippen molar-refractivity contribution in [2.75, 3.05) is 13.7 Å². The fourth-order valence-corrected chi connectivity index (χ4v) is 2.03. The van der Waals surface area contributed by atoms with Crippen LogP contribution in [-0.4, -0.2) is 39.2 Å². The highest BCUT2D eigenvalue weighted by Gasteiger charge is 2.30. The molecule has 1 rings (SSSR count). The van der Waals surface area contributed by atoms with Crippen LogP contribution in [0.3, 0.4) is 0 Å². The monoisotopic (exact) mass is 286 g/mol. The van der Waals surface area contributed by atoms with E-state index in [1.807, 2.05) is 0 Å². The Morgan fingerprint density at radius 1 is 1.50 bits per heavy atom. The number of hydrogen-bond acceptors (Lipinski definition) is 4. The summed E-state index contributed by atoms with van der Waals surface area (Å²) in [6, 6.07) is 0.880. The number of methoxy groups -OCH3 is 1.